The van der Waals surface area contributed by atoms with Crippen LogP contribution < -0.4 is 0 Å². The highest BCUT2D eigenvalue weighted by Gasteiger charge is 2.48. The van der Waals surface area contributed by atoms with Crippen LogP contribution in [0, 0.1) is 5.41 Å². The Morgan fingerprint density at radius 1 is 1.25 bits per heavy atom. The molecule has 0 aliphatic heterocycles. The van der Waals surface area contributed by atoms with Crippen LogP contribution >= 0.6 is 0 Å². The molecule has 5 heteroatoms. The molecule has 1 atom stereocenters. The summed E-state index contributed by atoms with van der Waals surface area (Å²) in [5.74, 6) is -1.11. The summed E-state index contributed by atoms with van der Waals surface area (Å²) in [4.78, 5) is 22.8. The Hall–Kier alpha value is -1.10. The molecule has 0 fully saturated rings. The van der Waals surface area contributed by atoms with Crippen molar-refractivity contribution < 1.29 is 24.2 Å². The normalized spacial score (nSPS) is 15.1. The van der Waals surface area contributed by atoms with Crippen LogP contribution in [0.5, 0.6) is 0 Å². The fraction of sp³-hybridized carbons (Fsp3) is 0.818. The number of ether oxygens (including phenoxy) is 2. The summed E-state index contributed by atoms with van der Waals surface area (Å²) >= 11 is 0. The maximum atomic E-state index is 11.6. The van der Waals surface area contributed by atoms with E-state index < -0.39 is 23.0 Å². The number of hydrogen-bond acceptors (Lipinski definition) is 5. The molecular formula is C11H20O5. The third-order valence-electron chi connectivity index (χ3n) is 2.85. The van der Waals surface area contributed by atoms with E-state index in [1.54, 1.807) is 6.92 Å². The predicted octanol–water partition coefficient (Wildman–Crippen LogP) is 0.890. The van der Waals surface area contributed by atoms with Crippen LogP contribution in [-0.2, 0) is 19.1 Å². The first kappa shape index (κ1) is 14.9. The summed E-state index contributed by atoms with van der Waals surface area (Å²) in [6, 6.07) is 0. The van der Waals surface area contributed by atoms with Gasteiger partial charge in [-0.3, -0.25) is 9.59 Å². The number of carbonyl (C=O) groups excluding carboxylic acids is 2. The molecule has 0 spiro atoms. The minimum absolute atomic E-state index is 0.233. The van der Waals surface area contributed by atoms with Gasteiger partial charge in [-0.1, -0.05) is 0 Å². The van der Waals surface area contributed by atoms with E-state index in [2.05, 4.69) is 4.74 Å². The van der Waals surface area contributed by atoms with Crippen molar-refractivity contribution in [3.8, 4) is 0 Å². The van der Waals surface area contributed by atoms with E-state index in [0.717, 1.165) is 0 Å². The van der Waals surface area contributed by atoms with E-state index in [1.165, 1.54) is 27.9 Å². The van der Waals surface area contributed by atoms with Gasteiger partial charge >= 0.3 is 11.9 Å². The van der Waals surface area contributed by atoms with Crippen molar-refractivity contribution in [2.45, 2.75) is 39.7 Å². The second-order valence-electron chi connectivity index (χ2n) is 4.37. The molecule has 1 N–H and O–H groups in total. The van der Waals surface area contributed by atoms with E-state index in [4.69, 9.17) is 4.74 Å². The molecule has 0 saturated carbocycles. The zero-order valence-electron chi connectivity index (χ0n) is 10.5. The van der Waals surface area contributed by atoms with Gasteiger partial charge in [0.25, 0.3) is 0 Å². The fourth-order valence-corrected chi connectivity index (χ4v) is 1.11. The molecule has 0 heterocycles. The molecular weight excluding hydrogens is 212 g/mol. The van der Waals surface area contributed by atoms with Crippen LogP contribution in [-0.4, -0.2) is 36.4 Å². The summed E-state index contributed by atoms with van der Waals surface area (Å²) in [5, 5.41) is 10.1. The molecule has 0 amide bonds. The average molecular weight is 232 g/mol. The van der Waals surface area contributed by atoms with Gasteiger partial charge < -0.3 is 14.6 Å². The molecule has 94 valence electrons. The van der Waals surface area contributed by atoms with Gasteiger partial charge in [-0.05, 0) is 27.7 Å². The third-order valence-corrected chi connectivity index (χ3v) is 2.85. The molecule has 0 rings (SSSR count). The van der Waals surface area contributed by atoms with Crippen molar-refractivity contribution in [3.05, 3.63) is 0 Å². The molecule has 0 saturated heterocycles. The average Bonchev–Trinajstić information content (AvgIpc) is 2.17. The number of carbonyl (C=O) groups is 2. The van der Waals surface area contributed by atoms with Gasteiger partial charge in [0.2, 0.25) is 0 Å². The Kier molecular flexibility index (Phi) is 4.93. The number of rotatable bonds is 5. The molecule has 0 aliphatic rings. The molecule has 0 aromatic carbocycles. The number of esters is 2. The standard InChI is InChI=1S/C11H20O5/c1-6-16-9(13)10(2,3)11(4,14)7-8(12)15-5/h14H,6-7H2,1-5H3. The number of hydrogen-bond donors (Lipinski definition) is 1. The molecule has 0 aromatic heterocycles. The number of aliphatic hydroxyl groups is 1. The van der Waals surface area contributed by atoms with Crippen molar-refractivity contribution in [1.82, 2.24) is 0 Å². The largest absolute Gasteiger partial charge is 0.469 e. The Morgan fingerprint density at radius 2 is 1.75 bits per heavy atom. The van der Waals surface area contributed by atoms with Gasteiger partial charge in [-0.15, -0.1) is 0 Å². The van der Waals surface area contributed by atoms with Gasteiger partial charge in [0.15, 0.2) is 0 Å². The molecule has 0 radical (unpaired) electrons. The maximum absolute atomic E-state index is 11.6. The zero-order valence-corrected chi connectivity index (χ0v) is 10.5. The Morgan fingerprint density at radius 3 is 2.12 bits per heavy atom. The van der Waals surface area contributed by atoms with Crippen molar-refractivity contribution in [2.24, 2.45) is 5.41 Å². The zero-order chi connectivity index (χ0) is 13.0. The van der Waals surface area contributed by atoms with E-state index in [9.17, 15) is 14.7 Å². The van der Waals surface area contributed by atoms with Crippen LogP contribution in [0.2, 0.25) is 0 Å². The second-order valence-corrected chi connectivity index (χ2v) is 4.37. The summed E-state index contributed by atoms with van der Waals surface area (Å²) in [7, 11) is 1.23. The van der Waals surface area contributed by atoms with Gasteiger partial charge in [-0.2, -0.15) is 0 Å². The second kappa shape index (κ2) is 5.30. The van der Waals surface area contributed by atoms with E-state index in [0.29, 0.717) is 0 Å². The lowest BCUT2D eigenvalue weighted by Crippen LogP contribution is -2.49. The molecule has 16 heavy (non-hydrogen) atoms. The lowest BCUT2D eigenvalue weighted by Gasteiger charge is -2.36. The highest BCUT2D eigenvalue weighted by atomic mass is 16.5. The lowest BCUT2D eigenvalue weighted by molar-refractivity contribution is -0.173. The molecule has 0 aliphatic carbocycles. The quantitative estimate of drug-likeness (QED) is 0.713. The van der Waals surface area contributed by atoms with E-state index >= 15 is 0 Å². The van der Waals surface area contributed by atoms with Gasteiger partial charge in [0, 0.05) is 0 Å². The number of methoxy groups -OCH3 is 1. The van der Waals surface area contributed by atoms with Crippen molar-refractivity contribution in [1.29, 1.82) is 0 Å². The van der Waals surface area contributed by atoms with Crippen LogP contribution in [0.1, 0.15) is 34.1 Å². The van der Waals surface area contributed by atoms with Gasteiger partial charge in [0.1, 0.15) is 0 Å². The summed E-state index contributed by atoms with van der Waals surface area (Å²) < 4.78 is 9.33. The highest BCUT2D eigenvalue weighted by molar-refractivity contribution is 5.79. The third kappa shape index (κ3) is 3.20. The highest BCUT2D eigenvalue weighted by Crippen LogP contribution is 2.35. The van der Waals surface area contributed by atoms with Gasteiger partial charge in [0.05, 0.1) is 31.2 Å². The first-order chi connectivity index (χ1) is 7.19. The molecule has 0 aromatic rings. The summed E-state index contributed by atoms with van der Waals surface area (Å²) in [6.07, 6.45) is -0.255. The van der Waals surface area contributed by atoms with Crippen LogP contribution in [0.4, 0.5) is 0 Å². The first-order valence-electron chi connectivity index (χ1n) is 5.15. The van der Waals surface area contributed by atoms with E-state index in [1.807, 2.05) is 0 Å². The Bertz CT molecular complexity index is 268. The molecule has 1 unspecified atom stereocenters. The van der Waals surface area contributed by atoms with Crippen molar-refractivity contribution in [2.75, 3.05) is 13.7 Å². The fourth-order valence-electron chi connectivity index (χ4n) is 1.11. The summed E-state index contributed by atoms with van der Waals surface area (Å²) in [5.41, 5.74) is -2.68. The maximum Gasteiger partial charge on any atom is 0.314 e. The van der Waals surface area contributed by atoms with Crippen LogP contribution in [0.15, 0.2) is 0 Å². The molecule has 5 nitrogen and oxygen atoms in total. The first-order valence-corrected chi connectivity index (χ1v) is 5.15. The van der Waals surface area contributed by atoms with Crippen molar-refractivity contribution in [3.63, 3.8) is 0 Å². The minimum atomic E-state index is -1.51. The predicted molar refractivity (Wildman–Crippen MR) is 57.7 cm³/mol. The molecule has 0 bridgehead atoms. The minimum Gasteiger partial charge on any atom is -0.469 e. The van der Waals surface area contributed by atoms with Gasteiger partial charge in [-0.25, -0.2) is 0 Å². The Labute approximate surface area is 95.7 Å². The monoisotopic (exact) mass is 232 g/mol. The smallest absolute Gasteiger partial charge is 0.314 e. The topological polar surface area (TPSA) is 72.8 Å². The summed E-state index contributed by atoms with van der Waals surface area (Å²) in [6.45, 7) is 6.41. The lowest BCUT2D eigenvalue weighted by atomic mass is 9.74. The van der Waals surface area contributed by atoms with Crippen molar-refractivity contribution >= 4 is 11.9 Å². The Balaban J connectivity index is 4.82. The van der Waals surface area contributed by atoms with E-state index in [-0.39, 0.29) is 13.0 Å². The SMILES string of the molecule is CCOC(=O)C(C)(C)C(C)(O)CC(=O)OC. The van der Waals surface area contributed by atoms with Crippen LogP contribution in [0.3, 0.4) is 0 Å². The van der Waals surface area contributed by atoms with Crippen LogP contribution in [0.25, 0.3) is 0 Å².